The molecule has 0 bridgehead atoms. The Balaban J connectivity index is 2.06. The summed E-state index contributed by atoms with van der Waals surface area (Å²) in [7, 11) is 1.62. The molecule has 18 heavy (non-hydrogen) atoms. The van der Waals surface area contributed by atoms with Gasteiger partial charge in [-0.3, -0.25) is 0 Å². The largest absolute Gasteiger partial charge is 0.497 e. The van der Waals surface area contributed by atoms with Crippen molar-refractivity contribution in [2.45, 2.75) is 6.54 Å². The van der Waals surface area contributed by atoms with Gasteiger partial charge in [0.1, 0.15) is 11.6 Å². The normalized spacial score (nSPS) is 10.2. The Morgan fingerprint density at radius 2 is 2.06 bits per heavy atom. The number of hydrogen-bond acceptors (Lipinski definition) is 2. The van der Waals surface area contributed by atoms with Crippen LogP contribution in [0.1, 0.15) is 5.56 Å². The molecule has 94 valence electrons. The van der Waals surface area contributed by atoms with Crippen LogP contribution < -0.4 is 10.1 Å². The van der Waals surface area contributed by atoms with Crippen LogP contribution in [-0.4, -0.2) is 7.11 Å². The topological polar surface area (TPSA) is 21.3 Å². The maximum atomic E-state index is 13.6. The molecule has 0 saturated heterocycles. The Morgan fingerprint density at radius 3 is 2.78 bits per heavy atom. The van der Waals surface area contributed by atoms with E-state index in [0.29, 0.717) is 12.1 Å². The molecule has 0 spiro atoms. The van der Waals surface area contributed by atoms with Crippen LogP contribution in [0.2, 0.25) is 0 Å². The van der Waals surface area contributed by atoms with Crippen molar-refractivity contribution in [1.82, 2.24) is 0 Å². The van der Waals surface area contributed by atoms with Gasteiger partial charge >= 0.3 is 0 Å². The van der Waals surface area contributed by atoms with Crippen LogP contribution in [0.15, 0.2) is 46.9 Å². The quantitative estimate of drug-likeness (QED) is 0.913. The van der Waals surface area contributed by atoms with Crippen LogP contribution >= 0.6 is 15.9 Å². The average molecular weight is 310 g/mol. The molecule has 2 aromatic rings. The van der Waals surface area contributed by atoms with E-state index < -0.39 is 0 Å². The van der Waals surface area contributed by atoms with Crippen LogP contribution in [0.3, 0.4) is 0 Å². The number of halogens is 2. The van der Waals surface area contributed by atoms with E-state index >= 15 is 0 Å². The highest BCUT2D eigenvalue weighted by Crippen LogP contribution is 2.19. The molecule has 2 nitrogen and oxygen atoms in total. The van der Waals surface area contributed by atoms with E-state index in [1.807, 2.05) is 30.3 Å². The number of hydrogen-bond donors (Lipinski definition) is 1. The summed E-state index contributed by atoms with van der Waals surface area (Å²) in [5.74, 6) is 0.552. The predicted molar refractivity (Wildman–Crippen MR) is 74.4 cm³/mol. The Hall–Kier alpha value is -1.55. The number of anilines is 1. The molecule has 0 atom stereocenters. The molecule has 0 saturated carbocycles. The van der Waals surface area contributed by atoms with Crippen LogP contribution in [0.4, 0.5) is 10.1 Å². The summed E-state index contributed by atoms with van der Waals surface area (Å²) in [5.41, 5.74) is 1.53. The molecule has 2 rings (SSSR count). The highest BCUT2D eigenvalue weighted by atomic mass is 79.9. The molecule has 0 aliphatic heterocycles. The number of benzene rings is 2. The zero-order chi connectivity index (χ0) is 13.0. The van der Waals surface area contributed by atoms with Gasteiger partial charge in [0, 0.05) is 28.3 Å². The predicted octanol–water partition coefficient (Wildman–Crippen LogP) is 4.21. The molecule has 4 heteroatoms. The third-order valence-corrected chi connectivity index (χ3v) is 3.06. The Labute approximate surface area is 114 Å². The fourth-order valence-corrected chi connectivity index (χ4v) is 1.93. The molecule has 0 unspecified atom stereocenters. The van der Waals surface area contributed by atoms with Gasteiger partial charge in [0.25, 0.3) is 0 Å². The van der Waals surface area contributed by atoms with E-state index in [1.54, 1.807) is 13.2 Å². The van der Waals surface area contributed by atoms with Gasteiger partial charge in [-0.2, -0.15) is 0 Å². The lowest BCUT2D eigenvalue weighted by molar-refractivity contribution is 0.415. The fourth-order valence-electron chi connectivity index (χ4n) is 1.60. The first-order valence-corrected chi connectivity index (χ1v) is 6.30. The number of rotatable bonds is 4. The van der Waals surface area contributed by atoms with Crippen molar-refractivity contribution in [2.75, 3.05) is 12.4 Å². The van der Waals surface area contributed by atoms with Crippen molar-refractivity contribution >= 4 is 21.6 Å². The Kier molecular flexibility index (Phi) is 4.20. The zero-order valence-corrected chi connectivity index (χ0v) is 11.5. The standard InChI is InChI=1S/C14H13BrFNO/c1-18-13-4-2-3-12(8-13)17-9-10-5-6-11(15)7-14(10)16/h2-8,17H,9H2,1H3. The van der Waals surface area contributed by atoms with Crippen molar-refractivity contribution in [3.63, 3.8) is 0 Å². The van der Waals surface area contributed by atoms with Gasteiger partial charge in [-0.1, -0.05) is 28.1 Å². The SMILES string of the molecule is COc1cccc(NCc2ccc(Br)cc2F)c1. The van der Waals surface area contributed by atoms with E-state index in [2.05, 4.69) is 21.2 Å². The molecule has 0 aliphatic rings. The van der Waals surface area contributed by atoms with E-state index in [9.17, 15) is 4.39 Å². The lowest BCUT2D eigenvalue weighted by atomic mass is 10.2. The van der Waals surface area contributed by atoms with Crippen molar-refractivity contribution in [3.05, 3.63) is 58.3 Å². The summed E-state index contributed by atoms with van der Waals surface area (Å²) in [6.07, 6.45) is 0. The summed E-state index contributed by atoms with van der Waals surface area (Å²) < 4.78 is 19.5. The lowest BCUT2D eigenvalue weighted by Crippen LogP contribution is -2.01. The van der Waals surface area contributed by atoms with Crippen LogP contribution in [-0.2, 0) is 6.54 Å². The summed E-state index contributed by atoms with van der Waals surface area (Å²) in [6.45, 7) is 0.437. The first-order valence-electron chi connectivity index (χ1n) is 5.51. The third kappa shape index (κ3) is 3.23. The van der Waals surface area contributed by atoms with Gasteiger partial charge in [-0.25, -0.2) is 4.39 Å². The van der Waals surface area contributed by atoms with E-state index in [4.69, 9.17) is 4.74 Å². The molecular weight excluding hydrogens is 297 g/mol. The first-order chi connectivity index (χ1) is 8.69. The van der Waals surface area contributed by atoms with Gasteiger partial charge in [0.15, 0.2) is 0 Å². The number of ether oxygens (including phenoxy) is 1. The maximum absolute atomic E-state index is 13.6. The van der Waals surface area contributed by atoms with Crippen molar-refractivity contribution in [2.24, 2.45) is 0 Å². The zero-order valence-electron chi connectivity index (χ0n) is 9.91. The fraction of sp³-hybridized carbons (Fsp3) is 0.143. The molecular formula is C14H13BrFNO. The van der Waals surface area contributed by atoms with Crippen molar-refractivity contribution in [1.29, 1.82) is 0 Å². The smallest absolute Gasteiger partial charge is 0.129 e. The molecule has 0 aliphatic carbocycles. The summed E-state index contributed by atoms with van der Waals surface area (Å²) in [5, 5.41) is 3.16. The maximum Gasteiger partial charge on any atom is 0.129 e. The minimum Gasteiger partial charge on any atom is -0.497 e. The minimum absolute atomic E-state index is 0.222. The van der Waals surface area contributed by atoms with Crippen molar-refractivity contribution in [3.8, 4) is 5.75 Å². The van der Waals surface area contributed by atoms with Crippen LogP contribution in [0.25, 0.3) is 0 Å². The summed E-state index contributed by atoms with van der Waals surface area (Å²) in [6, 6.07) is 12.6. The number of methoxy groups -OCH3 is 1. The van der Waals surface area contributed by atoms with E-state index in [-0.39, 0.29) is 5.82 Å². The van der Waals surface area contributed by atoms with Crippen LogP contribution in [0, 0.1) is 5.82 Å². The molecule has 1 N–H and O–H groups in total. The molecule has 0 aromatic heterocycles. The highest BCUT2D eigenvalue weighted by molar-refractivity contribution is 9.10. The first kappa shape index (κ1) is 12.9. The molecule has 0 radical (unpaired) electrons. The van der Waals surface area contributed by atoms with Crippen LogP contribution in [0.5, 0.6) is 5.75 Å². The molecule has 2 aromatic carbocycles. The second kappa shape index (κ2) is 5.87. The second-order valence-electron chi connectivity index (χ2n) is 3.82. The minimum atomic E-state index is -0.222. The second-order valence-corrected chi connectivity index (χ2v) is 4.74. The van der Waals surface area contributed by atoms with Gasteiger partial charge in [-0.15, -0.1) is 0 Å². The van der Waals surface area contributed by atoms with Gasteiger partial charge in [-0.05, 0) is 24.3 Å². The van der Waals surface area contributed by atoms with Gasteiger partial charge < -0.3 is 10.1 Å². The Bertz CT molecular complexity index is 545. The van der Waals surface area contributed by atoms with Gasteiger partial charge in [0.05, 0.1) is 7.11 Å². The number of nitrogens with one attached hydrogen (secondary N) is 1. The monoisotopic (exact) mass is 309 g/mol. The summed E-state index contributed by atoms with van der Waals surface area (Å²) >= 11 is 3.23. The summed E-state index contributed by atoms with van der Waals surface area (Å²) in [4.78, 5) is 0. The van der Waals surface area contributed by atoms with Gasteiger partial charge in [0.2, 0.25) is 0 Å². The highest BCUT2D eigenvalue weighted by Gasteiger charge is 2.03. The van der Waals surface area contributed by atoms with E-state index in [1.165, 1.54) is 6.07 Å². The van der Waals surface area contributed by atoms with E-state index in [0.717, 1.165) is 15.9 Å². The third-order valence-electron chi connectivity index (χ3n) is 2.57. The lowest BCUT2D eigenvalue weighted by Gasteiger charge is -2.09. The average Bonchev–Trinajstić information content (AvgIpc) is 2.38. The van der Waals surface area contributed by atoms with Crippen molar-refractivity contribution < 1.29 is 9.13 Å². The molecule has 0 heterocycles. The molecule has 0 fully saturated rings. The Morgan fingerprint density at radius 1 is 1.22 bits per heavy atom. The molecule has 0 amide bonds.